The molecule has 7 heteroatoms. The Bertz CT molecular complexity index is 475. The highest BCUT2D eigenvalue weighted by atomic mass is 16.5. The van der Waals surface area contributed by atoms with Crippen molar-refractivity contribution >= 4 is 5.96 Å². The molecule has 0 aromatic rings. The number of hydrogen-bond acceptors (Lipinski definition) is 5. The standard InChI is InChI=1S/C21H41N5O2/c1-4-22-21(23-13-17(2)26-10-12-28-15-18(26)3)24-20-5-8-25(9-6-20)14-19-7-11-27-16-19/h17-20H,4-16H2,1-3H3,(H2,22,23,24). The molecule has 3 fully saturated rings. The second-order valence-corrected chi connectivity index (χ2v) is 8.68. The Morgan fingerprint density at radius 1 is 1.11 bits per heavy atom. The first-order chi connectivity index (χ1) is 13.7. The quantitative estimate of drug-likeness (QED) is 0.498. The van der Waals surface area contributed by atoms with Gasteiger partial charge >= 0.3 is 0 Å². The zero-order valence-corrected chi connectivity index (χ0v) is 18.2. The third-order valence-electron chi connectivity index (χ3n) is 6.31. The Morgan fingerprint density at radius 3 is 2.57 bits per heavy atom. The van der Waals surface area contributed by atoms with E-state index in [1.807, 2.05) is 0 Å². The molecule has 3 unspecified atom stereocenters. The van der Waals surface area contributed by atoms with E-state index in [1.54, 1.807) is 0 Å². The van der Waals surface area contributed by atoms with Gasteiger partial charge in [-0.25, -0.2) is 0 Å². The molecule has 3 atom stereocenters. The molecule has 28 heavy (non-hydrogen) atoms. The van der Waals surface area contributed by atoms with Gasteiger partial charge in [-0.1, -0.05) is 0 Å². The lowest BCUT2D eigenvalue weighted by Crippen LogP contribution is -2.51. The van der Waals surface area contributed by atoms with Crippen molar-refractivity contribution in [2.75, 3.05) is 65.7 Å². The molecular formula is C21H41N5O2. The molecule has 3 heterocycles. The molecule has 0 aromatic carbocycles. The van der Waals surface area contributed by atoms with E-state index in [1.165, 1.54) is 38.9 Å². The van der Waals surface area contributed by atoms with Gasteiger partial charge in [0, 0.05) is 57.5 Å². The number of ether oxygens (including phenoxy) is 2. The SMILES string of the molecule is CCNC(=NCC(C)N1CCOCC1C)NC1CCN(CC2CCOC2)CC1. The lowest BCUT2D eigenvalue weighted by atomic mass is 10.0. The third-order valence-corrected chi connectivity index (χ3v) is 6.31. The number of nitrogens with one attached hydrogen (secondary N) is 2. The van der Waals surface area contributed by atoms with Crippen LogP contribution in [0.25, 0.3) is 0 Å². The van der Waals surface area contributed by atoms with Crippen molar-refractivity contribution in [2.45, 2.75) is 58.2 Å². The molecule has 0 bridgehead atoms. The van der Waals surface area contributed by atoms with E-state index in [0.29, 0.717) is 18.1 Å². The van der Waals surface area contributed by atoms with Crippen molar-refractivity contribution in [3.8, 4) is 0 Å². The van der Waals surface area contributed by atoms with E-state index in [4.69, 9.17) is 14.5 Å². The number of likely N-dealkylation sites (tertiary alicyclic amines) is 1. The maximum absolute atomic E-state index is 5.56. The van der Waals surface area contributed by atoms with E-state index in [0.717, 1.165) is 57.9 Å². The lowest BCUT2D eigenvalue weighted by molar-refractivity contribution is -0.0165. The van der Waals surface area contributed by atoms with Gasteiger partial charge in [-0.05, 0) is 46.0 Å². The number of piperidine rings is 1. The maximum atomic E-state index is 5.56. The highest BCUT2D eigenvalue weighted by molar-refractivity contribution is 5.80. The predicted molar refractivity (Wildman–Crippen MR) is 114 cm³/mol. The second-order valence-electron chi connectivity index (χ2n) is 8.68. The van der Waals surface area contributed by atoms with Crippen molar-refractivity contribution in [2.24, 2.45) is 10.9 Å². The summed E-state index contributed by atoms with van der Waals surface area (Å²) in [5.41, 5.74) is 0. The smallest absolute Gasteiger partial charge is 0.191 e. The molecule has 0 spiro atoms. The van der Waals surface area contributed by atoms with Crippen LogP contribution in [0.2, 0.25) is 0 Å². The minimum atomic E-state index is 0.435. The van der Waals surface area contributed by atoms with Gasteiger partial charge < -0.3 is 25.0 Å². The number of nitrogens with zero attached hydrogens (tertiary/aromatic N) is 3. The fourth-order valence-corrected chi connectivity index (χ4v) is 4.59. The van der Waals surface area contributed by atoms with E-state index in [-0.39, 0.29) is 0 Å². The summed E-state index contributed by atoms with van der Waals surface area (Å²) in [6, 6.07) is 1.43. The molecule has 3 aliphatic rings. The summed E-state index contributed by atoms with van der Waals surface area (Å²) in [4.78, 5) is 10.0. The fourth-order valence-electron chi connectivity index (χ4n) is 4.59. The number of morpholine rings is 1. The normalized spacial score (nSPS) is 29.8. The van der Waals surface area contributed by atoms with E-state index in [2.05, 4.69) is 41.2 Å². The van der Waals surface area contributed by atoms with Gasteiger partial charge in [-0.2, -0.15) is 0 Å². The summed E-state index contributed by atoms with van der Waals surface area (Å²) in [6.07, 6.45) is 3.61. The minimum absolute atomic E-state index is 0.435. The number of aliphatic imine (C=N–C) groups is 1. The molecule has 0 saturated carbocycles. The largest absolute Gasteiger partial charge is 0.381 e. The first-order valence-corrected chi connectivity index (χ1v) is 11.3. The maximum Gasteiger partial charge on any atom is 0.191 e. The Morgan fingerprint density at radius 2 is 1.89 bits per heavy atom. The molecule has 3 aliphatic heterocycles. The van der Waals surface area contributed by atoms with Crippen LogP contribution >= 0.6 is 0 Å². The van der Waals surface area contributed by atoms with Gasteiger partial charge in [0.2, 0.25) is 0 Å². The molecule has 0 radical (unpaired) electrons. The summed E-state index contributed by atoms with van der Waals surface area (Å²) < 4.78 is 11.1. The van der Waals surface area contributed by atoms with Gasteiger partial charge in [0.05, 0.1) is 26.4 Å². The van der Waals surface area contributed by atoms with Crippen LogP contribution < -0.4 is 10.6 Å². The zero-order chi connectivity index (χ0) is 19.8. The predicted octanol–water partition coefficient (Wildman–Crippen LogP) is 1.15. The molecule has 0 aromatic heterocycles. The first kappa shape index (κ1) is 21.8. The Kier molecular flexibility index (Phi) is 8.83. The lowest BCUT2D eigenvalue weighted by Gasteiger charge is -2.37. The average Bonchev–Trinajstić information content (AvgIpc) is 3.21. The summed E-state index contributed by atoms with van der Waals surface area (Å²) >= 11 is 0. The number of rotatable bonds is 7. The van der Waals surface area contributed by atoms with Gasteiger partial charge in [0.15, 0.2) is 5.96 Å². The highest BCUT2D eigenvalue weighted by Crippen LogP contribution is 2.17. The van der Waals surface area contributed by atoms with Gasteiger partial charge in [-0.3, -0.25) is 9.89 Å². The van der Waals surface area contributed by atoms with Gasteiger partial charge in [0.25, 0.3) is 0 Å². The molecular weight excluding hydrogens is 354 g/mol. The van der Waals surface area contributed by atoms with Crippen molar-refractivity contribution in [1.29, 1.82) is 0 Å². The van der Waals surface area contributed by atoms with Crippen molar-refractivity contribution in [3.05, 3.63) is 0 Å². The Hall–Kier alpha value is -0.890. The van der Waals surface area contributed by atoms with Crippen molar-refractivity contribution in [3.63, 3.8) is 0 Å². The number of hydrogen-bond donors (Lipinski definition) is 2. The Balaban J connectivity index is 1.42. The van der Waals surface area contributed by atoms with Crippen LogP contribution in [-0.4, -0.2) is 99.6 Å². The first-order valence-electron chi connectivity index (χ1n) is 11.3. The van der Waals surface area contributed by atoms with Crippen LogP contribution in [0.3, 0.4) is 0 Å². The average molecular weight is 396 g/mol. The second kappa shape index (κ2) is 11.3. The summed E-state index contributed by atoms with van der Waals surface area (Å²) in [5.74, 6) is 1.71. The molecule has 3 saturated heterocycles. The van der Waals surface area contributed by atoms with Crippen LogP contribution in [0, 0.1) is 5.92 Å². The van der Waals surface area contributed by atoms with E-state index >= 15 is 0 Å². The molecule has 0 amide bonds. The third kappa shape index (κ3) is 6.58. The fraction of sp³-hybridized carbons (Fsp3) is 0.952. The summed E-state index contributed by atoms with van der Waals surface area (Å²) in [6.45, 7) is 16.5. The summed E-state index contributed by atoms with van der Waals surface area (Å²) in [5, 5.41) is 7.12. The molecule has 7 nitrogen and oxygen atoms in total. The van der Waals surface area contributed by atoms with E-state index < -0.39 is 0 Å². The van der Waals surface area contributed by atoms with Crippen molar-refractivity contribution in [1.82, 2.24) is 20.4 Å². The topological polar surface area (TPSA) is 61.4 Å². The number of guanidine groups is 1. The minimum Gasteiger partial charge on any atom is -0.381 e. The van der Waals surface area contributed by atoms with Crippen molar-refractivity contribution < 1.29 is 9.47 Å². The monoisotopic (exact) mass is 395 g/mol. The molecule has 2 N–H and O–H groups in total. The van der Waals surface area contributed by atoms with Crippen LogP contribution in [0.15, 0.2) is 4.99 Å². The van der Waals surface area contributed by atoms with Crippen LogP contribution in [-0.2, 0) is 9.47 Å². The molecule has 3 rings (SSSR count). The molecule has 0 aliphatic carbocycles. The Labute approximate surface area is 171 Å². The molecule has 162 valence electrons. The van der Waals surface area contributed by atoms with Crippen LogP contribution in [0.4, 0.5) is 0 Å². The highest BCUT2D eigenvalue weighted by Gasteiger charge is 2.25. The zero-order valence-electron chi connectivity index (χ0n) is 18.2. The van der Waals surface area contributed by atoms with E-state index in [9.17, 15) is 0 Å². The van der Waals surface area contributed by atoms with Gasteiger partial charge in [0.1, 0.15) is 0 Å². The van der Waals surface area contributed by atoms with Crippen LogP contribution in [0.5, 0.6) is 0 Å². The summed E-state index contributed by atoms with van der Waals surface area (Å²) in [7, 11) is 0. The van der Waals surface area contributed by atoms with Gasteiger partial charge in [-0.15, -0.1) is 0 Å². The van der Waals surface area contributed by atoms with Crippen LogP contribution in [0.1, 0.15) is 40.0 Å².